The van der Waals surface area contributed by atoms with Crippen LogP contribution in [0.4, 0.5) is 5.69 Å². The highest BCUT2D eigenvalue weighted by Crippen LogP contribution is 2.36. The number of methoxy groups -OCH3 is 1. The van der Waals surface area contributed by atoms with Crippen LogP contribution in [0.3, 0.4) is 0 Å². The third-order valence-electron chi connectivity index (χ3n) is 3.32. The Labute approximate surface area is 143 Å². The van der Waals surface area contributed by atoms with Crippen molar-refractivity contribution >= 4 is 46.0 Å². The molecule has 2 aromatic carbocycles. The maximum absolute atomic E-state index is 12.6. The summed E-state index contributed by atoms with van der Waals surface area (Å²) in [6, 6.07) is 13.8. The number of rotatable bonds is 3. The topological polar surface area (TPSA) is 49.8 Å². The molecule has 0 spiro atoms. The van der Waals surface area contributed by atoms with E-state index in [1.54, 1.807) is 61.7 Å². The second-order valence-corrected chi connectivity index (χ2v) is 6.48. The number of benzene rings is 2. The predicted molar refractivity (Wildman–Crippen MR) is 96.8 cm³/mol. The Morgan fingerprint density at radius 3 is 2.39 bits per heavy atom. The predicted octanol–water partition coefficient (Wildman–Crippen LogP) is 3.81. The summed E-state index contributed by atoms with van der Waals surface area (Å²) in [7, 11) is 1.59. The molecule has 0 bridgehead atoms. The lowest BCUT2D eigenvalue weighted by molar-refractivity contribution is -0.113. The smallest absolute Gasteiger partial charge is 0.270 e. The number of carbonyl (C=O) groups excluding carboxylic acids is 1. The number of anilines is 1. The van der Waals surface area contributed by atoms with Crippen molar-refractivity contribution < 1.29 is 14.6 Å². The van der Waals surface area contributed by atoms with E-state index < -0.39 is 0 Å². The molecule has 1 N–H and O–H groups in total. The molecule has 1 saturated heterocycles. The molecule has 0 atom stereocenters. The van der Waals surface area contributed by atoms with Gasteiger partial charge in [-0.2, -0.15) is 0 Å². The molecule has 0 aliphatic carbocycles. The van der Waals surface area contributed by atoms with Crippen LogP contribution >= 0.6 is 24.0 Å². The number of amides is 1. The quantitative estimate of drug-likeness (QED) is 0.678. The van der Waals surface area contributed by atoms with Crippen molar-refractivity contribution in [2.24, 2.45) is 0 Å². The lowest BCUT2D eigenvalue weighted by Gasteiger charge is -2.14. The average Bonchev–Trinajstić information content (AvgIpc) is 2.84. The fourth-order valence-corrected chi connectivity index (χ4v) is 3.44. The summed E-state index contributed by atoms with van der Waals surface area (Å²) >= 11 is 6.59. The minimum Gasteiger partial charge on any atom is -0.508 e. The molecule has 1 heterocycles. The van der Waals surface area contributed by atoms with E-state index in [0.29, 0.717) is 14.9 Å². The molecule has 0 radical (unpaired) electrons. The number of thioether (sulfide) groups is 1. The Morgan fingerprint density at radius 2 is 1.78 bits per heavy atom. The van der Waals surface area contributed by atoms with Gasteiger partial charge in [-0.3, -0.25) is 9.69 Å². The van der Waals surface area contributed by atoms with Gasteiger partial charge in [0.25, 0.3) is 5.91 Å². The Kier molecular flexibility index (Phi) is 4.36. The Morgan fingerprint density at radius 1 is 1.13 bits per heavy atom. The summed E-state index contributed by atoms with van der Waals surface area (Å²) in [4.78, 5) is 14.7. The normalized spacial score (nSPS) is 16.2. The molecule has 4 nitrogen and oxygen atoms in total. The van der Waals surface area contributed by atoms with Crippen LogP contribution in [0.15, 0.2) is 53.4 Å². The molecule has 23 heavy (non-hydrogen) atoms. The van der Waals surface area contributed by atoms with Crippen LogP contribution in [0.2, 0.25) is 0 Å². The highest BCUT2D eigenvalue weighted by Gasteiger charge is 2.33. The largest absolute Gasteiger partial charge is 0.508 e. The van der Waals surface area contributed by atoms with Crippen molar-refractivity contribution in [3.8, 4) is 11.5 Å². The van der Waals surface area contributed by atoms with Crippen LogP contribution < -0.4 is 9.64 Å². The van der Waals surface area contributed by atoms with Crippen molar-refractivity contribution in [1.29, 1.82) is 0 Å². The van der Waals surface area contributed by atoms with Gasteiger partial charge in [0.05, 0.1) is 17.7 Å². The number of ether oxygens (including phenoxy) is 1. The van der Waals surface area contributed by atoms with Crippen molar-refractivity contribution in [2.45, 2.75) is 0 Å². The zero-order valence-corrected chi connectivity index (χ0v) is 13.9. The highest BCUT2D eigenvalue weighted by atomic mass is 32.2. The summed E-state index contributed by atoms with van der Waals surface area (Å²) < 4.78 is 5.61. The molecule has 1 amide bonds. The van der Waals surface area contributed by atoms with Gasteiger partial charge in [-0.1, -0.05) is 36.1 Å². The molecule has 6 heteroatoms. The molecule has 1 aliphatic heterocycles. The fraction of sp³-hybridized carbons (Fsp3) is 0.0588. The third kappa shape index (κ3) is 3.23. The summed E-state index contributed by atoms with van der Waals surface area (Å²) in [5.74, 6) is 0.755. The SMILES string of the molecule is COc1ccc(N2C(=O)/C(=C\c3ccc(O)cc3)SC2=S)cc1. The number of carbonyl (C=O) groups is 1. The van der Waals surface area contributed by atoms with E-state index in [0.717, 1.165) is 11.3 Å². The molecule has 0 aromatic heterocycles. The zero-order valence-electron chi connectivity index (χ0n) is 12.2. The first kappa shape index (κ1) is 15.6. The first-order chi connectivity index (χ1) is 11.1. The number of phenolic OH excluding ortho intramolecular Hbond substituents is 1. The number of aromatic hydroxyl groups is 1. The van der Waals surface area contributed by atoms with Gasteiger partial charge in [0.2, 0.25) is 0 Å². The molecule has 3 rings (SSSR count). The van der Waals surface area contributed by atoms with Gasteiger partial charge in [-0.15, -0.1) is 0 Å². The highest BCUT2D eigenvalue weighted by molar-refractivity contribution is 8.27. The molecule has 1 fully saturated rings. The fourth-order valence-electron chi connectivity index (χ4n) is 2.14. The van der Waals surface area contributed by atoms with Gasteiger partial charge in [0, 0.05) is 0 Å². The maximum Gasteiger partial charge on any atom is 0.270 e. The van der Waals surface area contributed by atoms with Crippen LogP contribution in [0.5, 0.6) is 11.5 Å². The van der Waals surface area contributed by atoms with Gasteiger partial charge < -0.3 is 9.84 Å². The Balaban J connectivity index is 1.88. The molecule has 1 aliphatic rings. The molecule has 0 saturated carbocycles. The minimum atomic E-state index is -0.154. The van der Waals surface area contributed by atoms with Gasteiger partial charge in [0.15, 0.2) is 4.32 Å². The van der Waals surface area contributed by atoms with Crippen molar-refractivity contribution in [3.05, 3.63) is 59.0 Å². The van der Waals surface area contributed by atoms with Gasteiger partial charge in [0.1, 0.15) is 11.5 Å². The molecule has 2 aromatic rings. The van der Waals surface area contributed by atoms with Crippen molar-refractivity contribution in [2.75, 3.05) is 12.0 Å². The average molecular weight is 343 g/mol. The lowest BCUT2D eigenvalue weighted by Crippen LogP contribution is -2.27. The Hall–Kier alpha value is -2.31. The van der Waals surface area contributed by atoms with Crippen molar-refractivity contribution in [3.63, 3.8) is 0 Å². The van der Waals surface area contributed by atoms with Gasteiger partial charge >= 0.3 is 0 Å². The lowest BCUT2D eigenvalue weighted by atomic mass is 10.2. The second-order valence-electron chi connectivity index (χ2n) is 4.81. The second kappa shape index (κ2) is 6.44. The van der Waals surface area contributed by atoms with E-state index >= 15 is 0 Å². The van der Waals surface area contributed by atoms with Crippen LogP contribution in [0.1, 0.15) is 5.56 Å². The van der Waals surface area contributed by atoms with E-state index in [9.17, 15) is 9.90 Å². The summed E-state index contributed by atoms with van der Waals surface area (Å²) in [6.07, 6.45) is 1.77. The third-order valence-corrected chi connectivity index (χ3v) is 4.62. The number of nitrogens with zero attached hydrogens (tertiary/aromatic N) is 1. The van der Waals surface area contributed by atoms with Crippen LogP contribution in [-0.4, -0.2) is 22.4 Å². The summed E-state index contributed by atoms with van der Waals surface area (Å²) in [5.41, 5.74) is 1.54. The van der Waals surface area contributed by atoms with E-state index in [1.165, 1.54) is 16.7 Å². The van der Waals surface area contributed by atoms with E-state index in [4.69, 9.17) is 17.0 Å². The van der Waals surface area contributed by atoms with Crippen molar-refractivity contribution in [1.82, 2.24) is 0 Å². The number of hydrogen-bond acceptors (Lipinski definition) is 5. The van der Waals surface area contributed by atoms with E-state index in [2.05, 4.69) is 0 Å². The zero-order chi connectivity index (χ0) is 16.4. The summed E-state index contributed by atoms with van der Waals surface area (Å²) in [6.45, 7) is 0. The number of phenols is 1. The number of thiocarbonyl (C=S) groups is 1. The van der Waals surface area contributed by atoms with Crippen LogP contribution in [-0.2, 0) is 4.79 Å². The molecular weight excluding hydrogens is 330 g/mol. The monoisotopic (exact) mass is 343 g/mol. The molecule has 0 unspecified atom stereocenters. The minimum absolute atomic E-state index is 0.154. The van der Waals surface area contributed by atoms with E-state index in [1.807, 2.05) is 0 Å². The standard InChI is InChI=1S/C17H13NO3S2/c1-21-14-8-4-12(5-9-14)18-16(20)15(23-17(18)22)10-11-2-6-13(19)7-3-11/h2-10,19H,1H3/b15-10+. The molecular formula is C17H13NO3S2. The van der Waals surface area contributed by atoms with Crippen LogP contribution in [0, 0.1) is 0 Å². The number of hydrogen-bond donors (Lipinski definition) is 1. The Bertz CT molecular complexity index is 782. The summed E-state index contributed by atoms with van der Waals surface area (Å²) in [5, 5.41) is 9.31. The molecule has 116 valence electrons. The maximum atomic E-state index is 12.6. The van der Waals surface area contributed by atoms with Gasteiger partial charge in [-0.05, 0) is 48.0 Å². The van der Waals surface area contributed by atoms with Gasteiger partial charge in [-0.25, -0.2) is 0 Å². The first-order valence-electron chi connectivity index (χ1n) is 6.79. The first-order valence-corrected chi connectivity index (χ1v) is 8.02. The van der Waals surface area contributed by atoms with E-state index in [-0.39, 0.29) is 11.7 Å². The van der Waals surface area contributed by atoms with Crippen LogP contribution in [0.25, 0.3) is 6.08 Å².